The first-order chi connectivity index (χ1) is 8.72. The van der Waals surface area contributed by atoms with Gasteiger partial charge in [-0.1, -0.05) is 19.3 Å². The normalized spacial score (nSPS) is 17.8. The highest BCUT2D eigenvalue weighted by atomic mass is 35.5. The van der Waals surface area contributed by atoms with Crippen LogP contribution in [0, 0.1) is 0 Å². The molecule has 1 aliphatic carbocycles. The molecule has 1 N–H and O–H groups in total. The van der Waals surface area contributed by atoms with Gasteiger partial charge in [0.25, 0.3) is 0 Å². The van der Waals surface area contributed by atoms with Gasteiger partial charge in [0, 0.05) is 6.04 Å². The van der Waals surface area contributed by atoms with E-state index in [9.17, 15) is 14.7 Å². The van der Waals surface area contributed by atoms with Crippen LogP contribution in [0.15, 0.2) is 0 Å². The Kier molecular flexibility index (Phi) is 7.34. The van der Waals surface area contributed by atoms with E-state index in [0.29, 0.717) is 0 Å². The maximum Gasteiger partial charge on any atom is 0.411 e. The molecule has 1 rings (SSSR count). The van der Waals surface area contributed by atoms with Gasteiger partial charge in [0.05, 0.1) is 0 Å². The van der Waals surface area contributed by atoms with Crippen molar-refractivity contribution in [3.63, 3.8) is 0 Å². The lowest BCUT2D eigenvalue weighted by atomic mass is 9.93. The second-order valence-electron chi connectivity index (χ2n) is 6.19. The second kappa shape index (κ2) is 7.72. The third-order valence-electron chi connectivity index (χ3n) is 3.35. The molecule has 0 aromatic rings. The third kappa shape index (κ3) is 5.57. The predicted octanol–water partition coefficient (Wildman–Crippen LogP) is 3.45. The summed E-state index contributed by atoms with van der Waals surface area (Å²) in [6, 6.07) is -0.868. The number of halogens is 1. The molecule has 0 aliphatic heterocycles. The Bertz CT molecular complexity index is 335. The molecule has 6 heteroatoms. The molecular formula is C14H26ClNO4. The van der Waals surface area contributed by atoms with E-state index >= 15 is 0 Å². The van der Waals surface area contributed by atoms with Crippen LogP contribution < -0.4 is 0 Å². The Morgan fingerprint density at radius 2 is 1.70 bits per heavy atom. The van der Waals surface area contributed by atoms with E-state index in [1.54, 1.807) is 27.7 Å². The van der Waals surface area contributed by atoms with Gasteiger partial charge >= 0.3 is 12.1 Å². The Morgan fingerprint density at radius 1 is 1.20 bits per heavy atom. The van der Waals surface area contributed by atoms with E-state index in [2.05, 4.69) is 0 Å². The lowest BCUT2D eigenvalue weighted by Gasteiger charge is -2.37. The number of carbonyl (C=O) groups is 2. The average Bonchev–Trinajstić information content (AvgIpc) is 2.28. The SMILES string of the molecule is C[C@@H](C(=O)O)N(C(=O)OC(C)(C)C)C1CCCCC1.Cl. The zero-order valence-electron chi connectivity index (χ0n) is 12.7. The molecule has 0 aromatic carbocycles. The van der Waals surface area contributed by atoms with E-state index in [4.69, 9.17) is 4.74 Å². The maximum atomic E-state index is 12.2. The number of carboxylic acid groups (broad SMARTS) is 1. The summed E-state index contributed by atoms with van der Waals surface area (Å²) >= 11 is 0. The number of rotatable bonds is 3. The third-order valence-corrected chi connectivity index (χ3v) is 3.35. The summed E-state index contributed by atoms with van der Waals surface area (Å²) in [7, 11) is 0. The fourth-order valence-electron chi connectivity index (χ4n) is 2.42. The Hall–Kier alpha value is -0.970. The lowest BCUT2D eigenvalue weighted by molar-refractivity contribution is -0.143. The van der Waals surface area contributed by atoms with Crippen molar-refractivity contribution >= 4 is 24.5 Å². The van der Waals surface area contributed by atoms with Crippen molar-refractivity contribution in [3.05, 3.63) is 0 Å². The maximum absolute atomic E-state index is 12.2. The second-order valence-corrected chi connectivity index (χ2v) is 6.19. The van der Waals surface area contributed by atoms with Gasteiger partial charge in [-0.25, -0.2) is 9.59 Å². The van der Waals surface area contributed by atoms with Crippen LogP contribution in [0.5, 0.6) is 0 Å². The Labute approximate surface area is 127 Å². The van der Waals surface area contributed by atoms with Gasteiger partial charge < -0.3 is 9.84 Å². The Balaban J connectivity index is 0.00000361. The molecule has 0 aromatic heterocycles. The summed E-state index contributed by atoms with van der Waals surface area (Å²) < 4.78 is 5.35. The lowest BCUT2D eigenvalue weighted by Crippen LogP contribution is -2.51. The molecule has 20 heavy (non-hydrogen) atoms. The molecule has 1 amide bonds. The molecule has 118 valence electrons. The molecular weight excluding hydrogens is 282 g/mol. The standard InChI is InChI=1S/C14H25NO4.ClH/c1-10(12(16)17)15(11-8-6-5-7-9-11)13(18)19-14(2,3)4;/h10-11H,5-9H2,1-4H3,(H,16,17);1H/t10-;/m0./s1. The van der Waals surface area contributed by atoms with Crippen LogP contribution in [-0.2, 0) is 9.53 Å². The zero-order chi connectivity index (χ0) is 14.6. The van der Waals surface area contributed by atoms with Gasteiger partial charge in [-0.3, -0.25) is 4.90 Å². The van der Waals surface area contributed by atoms with Gasteiger partial charge in [0.1, 0.15) is 11.6 Å². The minimum absolute atomic E-state index is 0. The van der Waals surface area contributed by atoms with E-state index < -0.39 is 23.7 Å². The number of carbonyl (C=O) groups excluding carboxylic acids is 1. The van der Waals surface area contributed by atoms with Crippen LogP contribution in [0.4, 0.5) is 4.79 Å². The van der Waals surface area contributed by atoms with Crippen LogP contribution in [0.1, 0.15) is 59.8 Å². The summed E-state index contributed by atoms with van der Waals surface area (Å²) in [4.78, 5) is 24.9. The molecule has 0 radical (unpaired) electrons. The van der Waals surface area contributed by atoms with Crippen LogP contribution in [0.2, 0.25) is 0 Å². The Morgan fingerprint density at radius 3 is 2.10 bits per heavy atom. The molecule has 0 spiro atoms. The van der Waals surface area contributed by atoms with Gasteiger partial charge in [0.2, 0.25) is 0 Å². The number of hydrogen-bond acceptors (Lipinski definition) is 3. The monoisotopic (exact) mass is 307 g/mol. The van der Waals surface area contributed by atoms with Crippen LogP contribution in [-0.4, -0.2) is 39.8 Å². The summed E-state index contributed by atoms with van der Waals surface area (Å²) in [5, 5.41) is 9.18. The van der Waals surface area contributed by atoms with E-state index in [-0.39, 0.29) is 18.4 Å². The minimum atomic E-state index is -0.989. The van der Waals surface area contributed by atoms with Crippen molar-refractivity contribution in [1.29, 1.82) is 0 Å². The largest absolute Gasteiger partial charge is 0.480 e. The smallest absolute Gasteiger partial charge is 0.411 e. The van der Waals surface area contributed by atoms with Gasteiger partial charge in [-0.05, 0) is 40.5 Å². The molecule has 1 saturated carbocycles. The van der Waals surface area contributed by atoms with Crippen LogP contribution >= 0.6 is 12.4 Å². The molecule has 5 nitrogen and oxygen atoms in total. The van der Waals surface area contributed by atoms with Crippen molar-refractivity contribution in [2.45, 2.75) is 77.5 Å². The molecule has 0 heterocycles. The van der Waals surface area contributed by atoms with Crippen LogP contribution in [0.25, 0.3) is 0 Å². The summed E-state index contributed by atoms with van der Waals surface area (Å²) in [5.74, 6) is -0.989. The zero-order valence-corrected chi connectivity index (χ0v) is 13.5. The van der Waals surface area contributed by atoms with Crippen molar-refractivity contribution in [2.24, 2.45) is 0 Å². The molecule has 1 fully saturated rings. The van der Waals surface area contributed by atoms with E-state index in [1.165, 1.54) is 4.90 Å². The minimum Gasteiger partial charge on any atom is -0.480 e. The first kappa shape index (κ1) is 19.0. The van der Waals surface area contributed by atoms with Crippen molar-refractivity contribution < 1.29 is 19.4 Å². The quantitative estimate of drug-likeness (QED) is 0.867. The number of hydrogen-bond donors (Lipinski definition) is 1. The van der Waals surface area contributed by atoms with Gasteiger partial charge in [0.15, 0.2) is 0 Å². The topological polar surface area (TPSA) is 66.8 Å². The summed E-state index contributed by atoms with van der Waals surface area (Å²) in [6.45, 7) is 6.90. The van der Waals surface area contributed by atoms with Crippen LogP contribution in [0.3, 0.4) is 0 Å². The summed E-state index contributed by atoms with van der Waals surface area (Å²) in [5.41, 5.74) is -0.609. The number of ether oxygens (including phenoxy) is 1. The van der Waals surface area contributed by atoms with E-state index in [0.717, 1.165) is 32.1 Å². The highest BCUT2D eigenvalue weighted by Crippen LogP contribution is 2.26. The van der Waals surface area contributed by atoms with Gasteiger partial charge in [-0.2, -0.15) is 0 Å². The van der Waals surface area contributed by atoms with Gasteiger partial charge in [-0.15, -0.1) is 12.4 Å². The molecule has 0 bridgehead atoms. The molecule has 0 unspecified atom stereocenters. The highest BCUT2D eigenvalue weighted by molar-refractivity contribution is 5.85. The molecule has 1 aliphatic rings. The first-order valence-corrected chi connectivity index (χ1v) is 6.96. The van der Waals surface area contributed by atoms with E-state index in [1.807, 2.05) is 0 Å². The molecule has 0 saturated heterocycles. The molecule has 1 atom stereocenters. The predicted molar refractivity (Wildman–Crippen MR) is 79.3 cm³/mol. The number of nitrogens with zero attached hydrogens (tertiary/aromatic N) is 1. The van der Waals surface area contributed by atoms with Crippen molar-refractivity contribution in [2.75, 3.05) is 0 Å². The fourth-order valence-corrected chi connectivity index (χ4v) is 2.42. The number of carboxylic acids is 1. The number of aliphatic carboxylic acids is 1. The number of amides is 1. The van der Waals surface area contributed by atoms with Crippen molar-refractivity contribution in [3.8, 4) is 0 Å². The van der Waals surface area contributed by atoms with Crippen molar-refractivity contribution in [1.82, 2.24) is 4.90 Å². The first-order valence-electron chi connectivity index (χ1n) is 6.96. The summed E-state index contributed by atoms with van der Waals surface area (Å²) in [6.07, 6.45) is 4.43. The highest BCUT2D eigenvalue weighted by Gasteiger charge is 2.35. The average molecular weight is 308 g/mol. The fraction of sp³-hybridized carbons (Fsp3) is 0.857.